The summed E-state index contributed by atoms with van der Waals surface area (Å²) < 4.78 is 0. The van der Waals surface area contributed by atoms with Crippen molar-refractivity contribution in [1.82, 2.24) is 9.88 Å². The van der Waals surface area contributed by atoms with Crippen LogP contribution >= 0.6 is 0 Å². The number of urea groups is 1. The molecule has 2 heterocycles. The molecule has 0 bridgehead atoms. The average Bonchev–Trinajstić information content (AvgIpc) is 2.62. The van der Waals surface area contributed by atoms with Crippen molar-refractivity contribution in [3.05, 3.63) is 53.7 Å². The number of amides is 3. The molecule has 1 aliphatic heterocycles. The summed E-state index contributed by atoms with van der Waals surface area (Å²) in [5.41, 5.74) is 3.34. The Morgan fingerprint density at radius 2 is 1.81 bits per heavy atom. The summed E-state index contributed by atoms with van der Waals surface area (Å²) in [6.07, 6.45) is 4.38. The Morgan fingerprint density at radius 1 is 1.08 bits per heavy atom. The molecule has 6 heteroatoms. The highest BCUT2D eigenvalue weighted by atomic mass is 16.2. The van der Waals surface area contributed by atoms with Crippen LogP contribution in [0.2, 0.25) is 0 Å². The summed E-state index contributed by atoms with van der Waals surface area (Å²) in [6.45, 7) is 2.91. The molecule has 3 amide bonds. The van der Waals surface area contributed by atoms with Crippen LogP contribution < -0.4 is 10.2 Å². The number of aromatic nitrogens is 1. The van der Waals surface area contributed by atoms with Gasteiger partial charge in [0.05, 0.1) is 11.9 Å². The van der Waals surface area contributed by atoms with Gasteiger partial charge in [0.25, 0.3) is 0 Å². The SMILES string of the molecule is CC(=O)N(C)c1ccc(NC(=O)N2CCCc3ccccc3CC2)cn1. The van der Waals surface area contributed by atoms with Gasteiger partial charge in [-0.1, -0.05) is 24.3 Å². The van der Waals surface area contributed by atoms with Crippen molar-refractivity contribution in [3.63, 3.8) is 0 Å². The van der Waals surface area contributed by atoms with E-state index in [2.05, 4.69) is 34.6 Å². The van der Waals surface area contributed by atoms with Crippen LogP contribution in [0.3, 0.4) is 0 Å². The van der Waals surface area contributed by atoms with Gasteiger partial charge in [0.2, 0.25) is 5.91 Å². The minimum atomic E-state index is -0.112. The number of hydrogen-bond donors (Lipinski definition) is 1. The van der Waals surface area contributed by atoms with E-state index < -0.39 is 0 Å². The lowest BCUT2D eigenvalue weighted by Crippen LogP contribution is -2.38. The van der Waals surface area contributed by atoms with Crippen LogP contribution in [0.25, 0.3) is 0 Å². The topological polar surface area (TPSA) is 65.5 Å². The lowest BCUT2D eigenvalue weighted by atomic mass is 9.98. The lowest BCUT2D eigenvalue weighted by molar-refractivity contribution is -0.116. The van der Waals surface area contributed by atoms with E-state index in [1.165, 1.54) is 23.0 Å². The normalized spacial score (nSPS) is 14.0. The third-order valence-corrected chi connectivity index (χ3v) is 4.75. The van der Waals surface area contributed by atoms with Gasteiger partial charge in [0.15, 0.2) is 0 Å². The van der Waals surface area contributed by atoms with Gasteiger partial charge in [0, 0.05) is 27.1 Å². The molecule has 0 atom stereocenters. The molecule has 1 aromatic heterocycles. The molecule has 3 rings (SSSR count). The Kier molecular flexibility index (Phi) is 5.51. The first-order valence-corrected chi connectivity index (χ1v) is 8.87. The van der Waals surface area contributed by atoms with E-state index in [0.717, 1.165) is 25.8 Å². The van der Waals surface area contributed by atoms with Gasteiger partial charge in [0.1, 0.15) is 5.82 Å². The number of fused-ring (bicyclic) bond motifs is 1. The second-order valence-corrected chi connectivity index (χ2v) is 6.52. The highest BCUT2D eigenvalue weighted by Crippen LogP contribution is 2.17. The maximum atomic E-state index is 12.6. The van der Waals surface area contributed by atoms with Gasteiger partial charge in [-0.2, -0.15) is 0 Å². The summed E-state index contributed by atoms with van der Waals surface area (Å²) >= 11 is 0. The Morgan fingerprint density at radius 3 is 2.46 bits per heavy atom. The minimum Gasteiger partial charge on any atom is -0.324 e. The molecule has 0 spiro atoms. The predicted octanol–water partition coefficient (Wildman–Crippen LogP) is 3.09. The van der Waals surface area contributed by atoms with E-state index in [9.17, 15) is 9.59 Å². The van der Waals surface area contributed by atoms with Gasteiger partial charge in [-0.3, -0.25) is 4.79 Å². The van der Waals surface area contributed by atoms with Crippen molar-refractivity contribution in [2.24, 2.45) is 0 Å². The highest BCUT2D eigenvalue weighted by molar-refractivity contribution is 5.91. The monoisotopic (exact) mass is 352 g/mol. The first-order valence-electron chi connectivity index (χ1n) is 8.87. The summed E-state index contributed by atoms with van der Waals surface area (Å²) in [4.78, 5) is 31.5. The Hall–Kier alpha value is -2.89. The van der Waals surface area contributed by atoms with Crippen molar-refractivity contribution in [2.75, 3.05) is 30.4 Å². The molecule has 2 aromatic rings. The number of pyridine rings is 1. The van der Waals surface area contributed by atoms with Crippen LogP contribution in [-0.4, -0.2) is 42.0 Å². The fourth-order valence-corrected chi connectivity index (χ4v) is 3.10. The van der Waals surface area contributed by atoms with Crippen LogP contribution in [0, 0.1) is 0 Å². The van der Waals surface area contributed by atoms with E-state index in [0.29, 0.717) is 18.1 Å². The highest BCUT2D eigenvalue weighted by Gasteiger charge is 2.17. The number of carbonyl (C=O) groups is 2. The quantitative estimate of drug-likeness (QED) is 0.903. The predicted molar refractivity (Wildman–Crippen MR) is 102 cm³/mol. The van der Waals surface area contributed by atoms with Gasteiger partial charge >= 0.3 is 6.03 Å². The third kappa shape index (κ3) is 4.20. The standard InChI is InChI=1S/C20H24N4O2/c1-15(25)23(2)19-10-9-18(14-21-19)22-20(26)24-12-5-8-16-6-3-4-7-17(16)11-13-24/h3-4,6-7,9-10,14H,5,8,11-13H2,1-2H3,(H,22,26). The number of rotatable bonds is 2. The zero-order chi connectivity index (χ0) is 18.5. The van der Waals surface area contributed by atoms with Crippen molar-refractivity contribution in [2.45, 2.75) is 26.2 Å². The van der Waals surface area contributed by atoms with Crippen LogP contribution in [-0.2, 0) is 17.6 Å². The molecular weight excluding hydrogens is 328 g/mol. The van der Waals surface area contributed by atoms with Crippen molar-refractivity contribution < 1.29 is 9.59 Å². The average molecular weight is 352 g/mol. The fraction of sp³-hybridized carbons (Fsp3) is 0.350. The van der Waals surface area contributed by atoms with Crippen molar-refractivity contribution in [3.8, 4) is 0 Å². The van der Waals surface area contributed by atoms with E-state index in [1.807, 2.05) is 4.90 Å². The molecule has 0 unspecified atom stereocenters. The number of nitrogens with zero attached hydrogens (tertiary/aromatic N) is 3. The second-order valence-electron chi connectivity index (χ2n) is 6.52. The van der Waals surface area contributed by atoms with Gasteiger partial charge in [-0.15, -0.1) is 0 Å². The molecule has 26 heavy (non-hydrogen) atoms. The zero-order valence-electron chi connectivity index (χ0n) is 15.2. The van der Waals surface area contributed by atoms with Crippen LogP contribution in [0.1, 0.15) is 24.5 Å². The first kappa shape index (κ1) is 17.9. The van der Waals surface area contributed by atoms with Gasteiger partial charge in [-0.05, 0) is 42.5 Å². The minimum absolute atomic E-state index is 0.0878. The maximum Gasteiger partial charge on any atom is 0.321 e. The second kappa shape index (κ2) is 7.99. The molecule has 0 saturated heterocycles. The number of benzene rings is 1. The lowest BCUT2D eigenvalue weighted by Gasteiger charge is -2.26. The molecule has 136 valence electrons. The largest absolute Gasteiger partial charge is 0.324 e. The number of anilines is 2. The van der Waals surface area contributed by atoms with E-state index in [4.69, 9.17) is 0 Å². The Labute approximate surface area is 153 Å². The molecule has 0 fully saturated rings. The molecule has 1 aliphatic rings. The summed E-state index contributed by atoms with van der Waals surface area (Å²) in [5, 5.41) is 2.90. The molecule has 1 N–H and O–H groups in total. The smallest absolute Gasteiger partial charge is 0.321 e. The van der Waals surface area contributed by atoms with E-state index >= 15 is 0 Å². The Balaban J connectivity index is 1.62. The van der Waals surface area contributed by atoms with E-state index in [1.54, 1.807) is 25.4 Å². The maximum absolute atomic E-state index is 12.6. The molecule has 1 aromatic carbocycles. The Bertz CT molecular complexity index is 789. The van der Waals surface area contributed by atoms with Crippen molar-refractivity contribution in [1.29, 1.82) is 0 Å². The molecule has 0 saturated carbocycles. The third-order valence-electron chi connectivity index (χ3n) is 4.75. The summed E-state index contributed by atoms with van der Waals surface area (Å²) in [7, 11) is 1.67. The number of aryl methyl sites for hydroxylation is 1. The van der Waals surface area contributed by atoms with Crippen molar-refractivity contribution >= 4 is 23.4 Å². The van der Waals surface area contributed by atoms with Crippen LogP contribution in [0.15, 0.2) is 42.6 Å². The number of hydrogen-bond acceptors (Lipinski definition) is 3. The van der Waals surface area contributed by atoms with Crippen LogP contribution in [0.4, 0.5) is 16.3 Å². The molecule has 0 aliphatic carbocycles. The van der Waals surface area contributed by atoms with Crippen LogP contribution in [0.5, 0.6) is 0 Å². The first-order chi connectivity index (χ1) is 12.5. The summed E-state index contributed by atoms with van der Waals surface area (Å²) in [5.74, 6) is 0.466. The molecule has 0 radical (unpaired) electrons. The molecule has 6 nitrogen and oxygen atoms in total. The summed E-state index contributed by atoms with van der Waals surface area (Å²) in [6, 6.07) is 11.8. The molecular formula is C20H24N4O2. The number of nitrogens with one attached hydrogen (secondary N) is 1. The zero-order valence-corrected chi connectivity index (χ0v) is 15.2. The fourth-order valence-electron chi connectivity index (χ4n) is 3.10. The van der Waals surface area contributed by atoms with Gasteiger partial charge in [-0.25, -0.2) is 9.78 Å². The van der Waals surface area contributed by atoms with Gasteiger partial charge < -0.3 is 15.1 Å². The van der Waals surface area contributed by atoms with E-state index in [-0.39, 0.29) is 11.9 Å². The number of carbonyl (C=O) groups excluding carboxylic acids is 2.